The number of ether oxygens (including phenoxy) is 1. The van der Waals surface area contributed by atoms with E-state index in [2.05, 4.69) is 0 Å². The minimum Gasteiger partial charge on any atom is -0.425 e. The van der Waals surface area contributed by atoms with Gasteiger partial charge in [-0.2, -0.15) is 0 Å². The highest BCUT2D eigenvalue weighted by Crippen LogP contribution is 2.32. The minimum absolute atomic E-state index is 0.0886. The Morgan fingerprint density at radius 2 is 1.74 bits per heavy atom. The summed E-state index contributed by atoms with van der Waals surface area (Å²) in [5.74, 6) is -0.970. The Morgan fingerprint density at radius 1 is 1.00 bits per heavy atom. The number of carbonyl (C=O) groups is 3. The molecule has 134 valence electrons. The van der Waals surface area contributed by atoms with Gasteiger partial charge in [-0.15, -0.1) is 0 Å². The normalized spacial score (nSPS) is 16.5. The molecule has 0 saturated carbocycles. The average Bonchev–Trinajstić information content (AvgIpc) is 3.09. The maximum atomic E-state index is 12.6. The van der Waals surface area contributed by atoms with Crippen LogP contribution in [0, 0.1) is 5.92 Å². The zero-order chi connectivity index (χ0) is 18.8. The number of hydrogen-bond donors (Lipinski definition) is 0. The number of para-hydroxylation sites is 1. The number of fused-ring (bicyclic) bond motifs is 1. The number of benzene rings is 3. The minimum atomic E-state index is -0.573. The van der Waals surface area contributed by atoms with Gasteiger partial charge < -0.3 is 9.64 Å². The van der Waals surface area contributed by atoms with Gasteiger partial charge in [-0.05, 0) is 23.6 Å². The summed E-state index contributed by atoms with van der Waals surface area (Å²) in [7, 11) is 0. The molecule has 27 heavy (non-hydrogen) atoms. The standard InChI is InChI=1S/C22H17NO4/c24-14-16-7-2-4-11-20(16)27-22(26)17-12-21(25)23(13-17)19-10-5-8-15-6-1-3-9-18(15)19/h1-11,14,17H,12-13H2/t17-/m0/s1. The lowest BCUT2D eigenvalue weighted by atomic mass is 10.1. The first-order valence-corrected chi connectivity index (χ1v) is 8.71. The van der Waals surface area contributed by atoms with Crippen LogP contribution in [0.5, 0.6) is 5.75 Å². The average molecular weight is 359 g/mol. The fourth-order valence-corrected chi connectivity index (χ4v) is 3.40. The molecule has 0 aliphatic carbocycles. The smallest absolute Gasteiger partial charge is 0.316 e. The second kappa shape index (κ2) is 7.03. The first kappa shape index (κ1) is 17.0. The summed E-state index contributed by atoms with van der Waals surface area (Å²) in [6, 6.07) is 20.1. The van der Waals surface area contributed by atoms with Gasteiger partial charge in [0.2, 0.25) is 5.91 Å². The van der Waals surface area contributed by atoms with Crippen LogP contribution in [-0.2, 0) is 9.59 Å². The van der Waals surface area contributed by atoms with Gasteiger partial charge in [0, 0.05) is 18.4 Å². The van der Waals surface area contributed by atoms with Crippen LogP contribution in [0.3, 0.4) is 0 Å². The highest BCUT2D eigenvalue weighted by molar-refractivity contribution is 6.06. The summed E-state index contributed by atoms with van der Waals surface area (Å²) >= 11 is 0. The van der Waals surface area contributed by atoms with Crippen molar-refractivity contribution < 1.29 is 19.1 Å². The van der Waals surface area contributed by atoms with E-state index in [-0.39, 0.29) is 24.6 Å². The molecule has 0 radical (unpaired) electrons. The topological polar surface area (TPSA) is 63.7 Å². The van der Waals surface area contributed by atoms with Crippen LogP contribution in [-0.4, -0.2) is 24.7 Å². The van der Waals surface area contributed by atoms with Crippen LogP contribution in [0.15, 0.2) is 66.7 Å². The molecule has 0 N–H and O–H groups in total. The highest BCUT2D eigenvalue weighted by atomic mass is 16.5. The molecule has 0 spiro atoms. The maximum Gasteiger partial charge on any atom is 0.316 e. The molecule has 5 heteroatoms. The van der Waals surface area contributed by atoms with Crippen molar-refractivity contribution in [1.29, 1.82) is 0 Å². The Labute approximate surface area is 156 Å². The number of esters is 1. The molecule has 1 saturated heterocycles. The Bertz CT molecular complexity index is 1040. The molecule has 5 nitrogen and oxygen atoms in total. The summed E-state index contributed by atoms with van der Waals surface area (Å²) in [6.45, 7) is 0.259. The predicted molar refractivity (Wildman–Crippen MR) is 102 cm³/mol. The number of amides is 1. The third kappa shape index (κ3) is 3.19. The third-order valence-corrected chi connectivity index (χ3v) is 4.77. The molecule has 1 fully saturated rings. The molecular weight excluding hydrogens is 342 g/mol. The van der Waals surface area contributed by atoms with E-state index in [1.165, 1.54) is 0 Å². The van der Waals surface area contributed by atoms with Crippen LogP contribution in [0.4, 0.5) is 5.69 Å². The van der Waals surface area contributed by atoms with E-state index in [9.17, 15) is 14.4 Å². The van der Waals surface area contributed by atoms with Crippen LogP contribution < -0.4 is 9.64 Å². The molecule has 0 unspecified atom stereocenters. The SMILES string of the molecule is O=Cc1ccccc1OC(=O)[C@H]1CC(=O)N(c2cccc3ccccc23)C1. The van der Waals surface area contributed by atoms with Gasteiger partial charge in [0.25, 0.3) is 0 Å². The fourth-order valence-electron chi connectivity index (χ4n) is 3.40. The van der Waals surface area contributed by atoms with Gasteiger partial charge in [-0.25, -0.2) is 0 Å². The van der Waals surface area contributed by atoms with E-state index in [0.717, 1.165) is 16.5 Å². The molecule has 4 rings (SSSR count). The third-order valence-electron chi connectivity index (χ3n) is 4.77. The van der Waals surface area contributed by atoms with Gasteiger partial charge in [0.15, 0.2) is 6.29 Å². The highest BCUT2D eigenvalue weighted by Gasteiger charge is 2.37. The van der Waals surface area contributed by atoms with Gasteiger partial charge in [0.05, 0.1) is 17.2 Å². The Morgan fingerprint density at radius 3 is 2.59 bits per heavy atom. The van der Waals surface area contributed by atoms with Crippen molar-refractivity contribution in [3.63, 3.8) is 0 Å². The Kier molecular flexibility index (Phi) is 4.42. The van der Waals surface area contributed by atoms with Crippen molar-refractivity contribution in [3.05, 3.63) is 72.3 Å². The van der Waals surface area contributed by atoms with Crippen molar-refractivity contribution in [2.24, 2.45) is 5.92 Å². The van der Waals surface area contributed by atoms with Gasteiger partial charge >= 0.3 is 5.97 Å². The molecule has 1 amide bonds. The molecular formula is C22H17NO4. The molecule has 1 aliphatic heterocycles. The van der Waals surface area contributed by atoms with Crippen molar-refractivity contribution >= 4 is 34.6 Å². The van der Waals surface area contributed by atoms with Crippen molar-refractivity contribution in [2.45, 2.75) is 6.42 Å². The predicted octanol–water partition coefficient (Wildman–Crippen LogP) is 3.61. The molecule has 1 heterocycles. The molecule has 0 bridgehead atoms. The summed E-state index contributed by atoms with van der Waals surface area (Å²) in [5, 5.41) is 2.00. The summed E-state index contributed by atoms with van der Waals surface area (Å²) in [6.07, 6.45) is 0.732. The zero-order valence-corrected chi connectivity index (χ0v) is 14.5. The molecule has 3 aromatic carbocycles. The van der Waals surface area contributed by atoms with Crippen LogP contribution in [0.25, 0.3) is 10.8 Å². The van der Waals surface area contributed by atoms with Crippen molar-refractivity contribution in [1.82, 2.24) is 0 Å². The number of nitrogens with zero attached hydrogens (tertiary/aromatic N) is 1. The van der Waals surface area contributed by atoms with E-state index in [1.54, 1.807) is 29.2 Å². The molecule has 3 aromatic rings. The zero-order valence-electron chi connectivity index (χ0n) is 14.5. The Hall–Kier alpha value is -3.47. The van der Waals surface area contributed by atoms with E-state index in [0.29, 0.717) is 11.8 Å². The number of aldehydes is 1. The first-order valence-electron chi connectivity index (χ1n) is 8.71. The summed E-state index contributed by atoms with van der Waals surface area (Å²) in [4.78, 5) is 37.9. The second-order valence-electron chi connectivity index (χ2n) is 6.48. The largest absolute Gasteiger partial charge is 0.425 e. The van der Waals surface area contributed by atoms with Crippen LogP contribution >= 0.6 is 0 Å². The quantitative estimate of drug-likeness (QED) is 0.406. The molecule has 1 atom stereocenters. The van der Waals surface area contributed by atoms with E-state index >= 15 is 0 Å². The molecule has 1 aliphatic rings. The van der Waals surface area contributed by atoms with Crippen molar-refractivity contribution in [3.8, 4) is 5.75 Å². The van der Waals surface area contributed by atoms with Gasteiger partial charge in [-0.1, -0.05) is 48.5 Å². The van der Waals surface area contributed by atoms with Gasteiger partial charge in [0.1, 0.15) is 5.75 Å². The number of hydrogen-bond acceptors (Lipinski definition) is 4. The van der Waals surface area contributed by atoms with E-state index in [4.69, 9.17) is 4.74 Å². The van der Waals surface area contributed by atoms with Crippen LogP contribution in [0.1, 0.15) is 16.8 Å². The van der Waals surface area contributed by atoms with Gasteiger partial charge in [-0.3, -0.25) is 14.4 Å². The number of carbonyl (C=O) groups excluding carboxylic acids is 3. The monoisotopic (exact) mass is 359 g/mol. The lowest BCUT2D eigenvalue weighted by Gasteiger charge is -2.19. The second-order valence-corrected chi connectivity index (χ2v) is 6.48. The lowest BCUT2D eigenvalue weighted by molar-refractivity contribution is -0.139. The van der Waals surface area contributed by atoms with Crippen LogP contribution in [0.2, 0.25) is 0 Å². The number of anilines is 1. The molecule has 0 aromatic heterocycles. The lowest BCUT2D eigenvalue weighted by Crippen LogP contribution is -2.27. The fraction of sp³-hybridized carbons (Fsp3) is 0.136. The summed E-state index contributed by atoms with van der Waals surface area (Å²) < 4.78 is 5.39. The van der Waals surface area contributed by atoms with Crippen molar-refractivity contribution in [2.75, 3.05) is 11.4 Å². The first-order chi connectivity index (χ1) is 13.2. The van der Waals surface area contributed by atoms with E-state index in [1.807, 2.05) is 42.5 Å². The summed E-state index contributed by atoms with van der Waals surface area (Å²) in [5.41, 5.74) is 1.10. The Balaban J connectivity index is 1.57. The maximum absolute atomic E-state index is 12.6. The van der Waals surface area contributed by atoms with E-state index < -0.39 is 11.9 Å². The number of rotatable bonds is 4.